The molecule has 1 aliphatic rings. The van der Waals surface area contributed by atoms with Crippen LogP contribution in [0.3, 0.4) is 0 Å². The molecule has 2 aromatic rings. The van der Waals surface area contributed by atoms with Crippen molar-refractivity contribution in [3.8, 4) is 5.75 Å². The van der Waals surface area contributed by atoms with Crippen LogP contribution in [0.15, 0.2) is 48.8 Å². The third-order valence-electron chi connectivity index (χ3n) is 5.19. The molecule has 1 aromatic heterocycles. The number of nitrogens with zero attached hydrogens (tertiary/aromatic N) is 2. The molecule has 0 radical (unpaired) electrons. The first kappa shape index (κ1) is 20.8. The third kappa shape index (κ3) is 5.32. The molecule has 0 bridgehead atoms. The summed E-state index contributed by atoms with van der Waals surface area (Å²) in [7, 11) is 1.49. The third-order valence-corrected chi connectivity index (χ3v) is 5.19. The van der Waals surface area contributed by atoms with Crippen molar-refractivity contribution in [3.63, 3.8) is 0 Å². The Morgan fingerprint density at radius 2 is 2.07 bits per heavy atom. The number of pyridine rings is 1. The number of rotatable bonds is 8. The molecular weight excluding hydrogens is 372 g/mol. The normalized spacial score (nSPS) is 19.0. The fraction of sp³-hybridized carbons (Fsp3) is 0.409. The van der Waals surface area contributed by atoms with Gasteiger partial charge in [0.05, 0.1) is 13.0 Å². The van der Waals surface area contributed by atoms with Crippen LogP contribution in [0.1, 0.15) is 24.0 Å². The standard InChI is InChI=1S/C22H26N2O5/c1-28-16-22(21(26)27)8-4-10-24(15-22)20(25)12-17-5-2-7-19(11-17)29-14-18-6-3-9-23-13-18/h2-3,5-7,9,11,13H,4,8,10,12,14-16H2,1H3,(H,26,27). The summed E-state index contributed by atoms with van der Waals surface area (Å²) in [6.45, 7) is 1.24. The Hall–Kier alpha value is -2.93. The van der Waals surface area contributed by atoms with E-state index in [2.05, 4.69) is 4.98 Å². The maximum atomic E-state index is 12.8. The van der Waals surface area contributed by atoms with Crippen molar-refractivity contribution in [2.75, 3.05) is 26.8 Å². The van der Waals surface area contributed by atoms with Crippen molar-refractivity contribution >= 4 is 11.9 Å². The van der Waals surface area contributed by atoms with Gasteiger partial charge in [-0.2, -0.15) is 0 Å². The number of hydrogen-bond acceptors (Lipinski definition) is 5. The zero-order valence-corrected chi connectivity index (χ0v) is 16.5. The second kappa shape index (κ2) is 9.52. The zero-order valence-electron chi connectivity index (χ0n) is 16.5. The first-order chi connectivity index (χ1) is 14.0. The Morgan fingerprint density at radius 1 is 1.24 bits per heavy atom. The van der Waals surface area contributed by atoms with E-state index in [4.69, 9.17) is 9.47 Å². The lowest BCUT2D eigenvalue weighted by molar-refractivity contribution is -0.159. The predicted octanol–water partition coefficient (Wildman–Crippen LogP) is 2.54. The average molecular weight is 398 g/mol. The van der Waals surface area contributed by atoms with E-state index >= 15 is 0 Å². The van der Waals surface area contributed by atoms with Gasteiger partial charge in [-0.05, 0) is 36.6 Å². The maximum absolute atomic E-state index is 12.8. The SMILES string of the molecule is COCC1(C(=O)O)CCCN(C(=O)Cc2cccc(OCc3cccnc3)c2)C1. The number of carboxylic acids is 1. The van der Waals surface area contributed by atoms with Crippen LogP contribution in [-0.2, 0) is 27.4 Å². The summed E-state index contributed by atoms with van der Waals surface area (Å²) in [4.78, 5) is 30.3. The van der Waals surface area contributed by atoms with E-state index in [-0.39, 0.29) is 25.5 Å². The van der Waals surface area contributed by atoms with E-state index in [0.717, 1.165) is 11.1 Å². The highest BCUT2D eigenvalue weighted by Crippen LogP contribution is 2.31. The van der Waals surface area contributed by atoms with E-state index in [1.807, 2.05) is 36.4 Å². The van der Waals surface area contributed by atoms with Crippen LogP contribution in [0.4, 0.5) is 0 Å². The molecule has 1 amide bonds. The van der Waals surface area contributed by atoms with Crippen LogP contribution < -0.4 is 4.74 Å². The lowest BCUT2D eigenvalue weighted by atomic mass is 9.80. The summed E-state index contributed by atoms with van der Waals surface area (Å²) in [5.41, 5.74) is 0.763. The molecular formula is C22H26N2O5. The summed E-state index contributed by atoms with van der Waals surface area (Å²) in [5, 5.41) is 9.66. The average Bonchev–Trinajstić information content (AvgIpc) is 2.73. The van der Waals surface area contributed by atoms with Crippen LogP contribution in [0.25, 0.3) is 0 Å². The van der Waals surface area contributed by atoms with Gasteiger partial charge in [-0.1, -0.05) is 18.2 Å². The second-order valence-electron chi connectivity index (χ2n) is 7.41. The molecule has 0 saturated carbocycles. The molecule has 1 N–H and O–H groups in total. The summed E-state index contributed by atoms with van der Waals surface area (Å²) < 4.78 is 10.9. The smallest absolute Gasteiger partial charge is 0.313 e. The van der Waals surface area contributed by atoms with E-state index in [0.29, 0.717) is 31.7 Å². The lowest BCUT2D eigenvalue weighted by Crippen LogP contribution is -2.52. The number of likely N-dealkylation sites (tertiary alicyclic amines) is 1. The summed E-state index contributed by atoms with van der Waals surface area (Å²) >= 11 is 0. The first-order valence-corrected chi connectivity index (χ1v) is 9.63. The van der Waals surface area contributed by atoms with Gasteiger partial charge in [-0.25, -0.2) is 0 Å². The van der Waals surface area contributed by atoms with E-state index in [1.165, 1.54) is 7.11 Å². The minimum Gasteiger partial charge on any atom is -0.489 e. The van der Waals surface area contributed by atoms with Gasteiger partial charge >= 0.3 is 5.97 Å². The van der Waals surface area contributed by atoms with E-state index in [9.17, 15) is 14.7 Å². The molecule has 1 unspecified atom stereocenters. The van der Waals surface area contributed by atoms with Gasteiger partial charge in [0.15, 0.2) is 0 Å². The molecule has 3 rings (SSSR count). The van der Waals surface area contributed by atoms with Gasteiger partial charge in [-0.3, -0.25) is 14.6 Å². The Morgan fingerprint density at radius 3 is 2.79 bits per heavy atom. The number of aliphatic carboxylic acids is 1. The van der Waals surface area contributed by atoms with E-state index in [1.54, 1.807) is 17.3 Å². The van der Waals surface area contributed by atoms with Crippen molar-refractivity contribution in [1.29, 1.82) is 0 Å². The first-order valence-electron chi connectivity index (χ1n) is 9.63. The molecule has 1 aliphatic heterocycles. The van der Waals surface area contributed by atoms with Gasteiger partial charge in [0.25, 0.3) is 0 Å². The van der Waals surface area contributed by atoms with Crippen LogP contribution >= 0.6 is 0 Å². The molecule has 0 spiro atoms. The summed E-state index contributed by atoms with van der Waals surface area (Å²) in [6.07, 6.45) is 4.82. The fourth-order valence-corrected chi connectivity index (χ4v) is 3.66. The van der Waals surface area contributed by atoms with Crippen molar-refractivity contribution in [3.05, 3.63) is 59.9 Å². The number of benzene rings is 1. The number of carbonyl (C=O) groups is 2. The van der Waals surface area contributed by atoms with Gasteiger partial charge < -0.3 is 19.5 Å². The molecule has 1 atom stereocenters. The quantitative estimate of drug-likeness (QED) is 0.735. The maximum Gasteiger partial charge on any atom is 0.313 e. The Bertz CT molecular complexity index is 838. The van der Waals surface area contributed by atoms with Crippen molar-refractivity contribution < 1.29 is 24.2 Å². The summed E-state index contributed by atoms with van der Waals surface area (Å²) in [6, 6.07) is 11.2. The highest BCUT2D eigenvalue weighted by molar-refractivity contribution is 5.81. The Kier molecular flexibility index (Phi) is 6.82. The largest absolute Gasteiger partial charge is 0.489 e. The molecule has 7 heteroatoms. The van der Waals surface area contributed by atoms with Gasteiger partial charge in [0, 0.05) is 38.2 Å². The molecule has 29 heavy (non-hydrogen) atoms. The number of carboxylic acid groups (broad SMARTS) is 1. The number of carbonyl (C=O) groups excluding carboxylic acids is 1. The summed E-state index contributed by atoms with van der Waals surface area (Å²) in [5.74, 6) is -0.324. The lowest BCUT2D eigenvalue weighted by Gasteiger charge is -2.39. The van der Waals surface area contributed by atoms with Crippen LogP contribution in [0.5, 0.6) is 5.75 Å². The fourth-order valence-electron chi connectivity index (χ4n) is 3.66. The Labute approximate surface area is 170 Å². The van der Waals surface area contributed by atoms with Gasteiger partial charge in [0.2, 0.25) is 5.91 Å². The topological polar surface area (TPSA) is 89.0 Å². The minimum absolute atomic E-state index is 0.0872. The Balaban J connectivity index is 1.62. The molecule has 2 heterocycles. The number of piperidine rings is 1. The van der Waals surface area contributed by atoms with E-state index < -0.39 is 11.4 Å². The number of hydrogen-bond donors (Lipinski definition) is 1. The number of aromatic nitrogens is 1. The van der Waals surface area contributed by atoms with Gasteiger partial charge in [0.1, 0.15) is 17.8 Å². The molecule has 1 aromatic carbocycles. The molecule has 0 aliphatic carbocycles. The van der Waals surface area contributed by atoms with Crippen LogP contribution in [0, 0.1) is 5.41 Å². The van der Waals surface area contributed by atoms with Crippen molar-refractivity contribution in [1.82, 2.24) is 9.88 Å². The van der Waals surface area contributed by atoms with Crippen molar-refractivity contribution in [2.45, 2.75) is 25.9 Å². The number of amides is 1. The number of ether oxygens (including phenoxy) is 2. The molecule has 154 valence electrons. The molecule has 7 nitrogen and oxygen atoms in total. The minimum atomic E-state index is -1.03. The monoisotopic (exact) mass is 398 g/mol. The number of methoxy groups -OCH3 is 1. The molecule has 1 saturated heterocycles. The molecule has 1 fully saturated rings. The van der Waals surface area contributed by atoms with Crippen molar-refractivity contribution in [2.24, 2.45) is 5.41 Å². The van der Waals surface area contributed by atoms with Gasteiger partial charge in [-0.15, -0.1) is 0 Å². The van der Waals surface area contributed by atoms with Crippen LogP contribution in [-0.4, -0.2) is 53.7 Å². The highest BCUT2D eigenvalue weighted by atomic mass is 16.5. The predicted molar refractivity (Wildman–Crippen MR) is 106 cm³/mol. The highest BCUT2D eigenvalue weighted by Gasteiger charge is 2.43. The van der Waals surface area contributed by atoms with Crippen LogP contribution in [0.2, 0.25) is 0 Å². The zero-order chi connectivity index (χ0) is 20.7. The second-order valence-corrected chi connectivity index (χ2v) is 7.41.